The molecule has 50 heavy (non-hydrogen) atoms. The fourth-order valence-corrected chi connectivity index (χ4v) is 5.54. The minimum atomic E-state index is -6.53. The van der Waals surface area contributed by atoms with Crippen molar-refractivity contribution in [1.82, 2.24) is 14.5 Å². The molecule has 0 aliphatic carbocycles. The second-order valence-electron chi connectivity index (χ2n) is 11.0. The lowest BCUT2D eigenvalue weighted by atomic mass is 9.99. The predicted molar refractivity (Wildman–Crippen MR) is 169 cm³/mol. The van der Waals surface area contributed by atoms with Crippen molar-refractivity contribution in [2.45, 2.75) is 57.6 Å². The Morgan fingerprint density at radius 3 is 2.10 bits per heavy atom. The van der Waals surface area contributed by atoms with Crippen LogP contribution in [0.2, 0.25) is 5.02 Å². The zero-order valence-corrected chi connectivity index (χ0v) is 28.0. The van der Waals surface area contributed by atoms with E-state index in [1.807, 2.05) is 6.92 Å². The molecular formula is C31H28ClF10N5O2S. The molecule has 0 spiro atoms. The van der Waals surface area contributed by atoms with Gasteiger partial charge < -0.3 is 15.6 Å². The van der Waals surface area contributed by atoms with Gasteiger partial charge in [-0.15, -0.1) is 0 Å². The Morgan fingerprint density at radius 2 is 1.62 bits per heavy atom. The Labute approximate surface area is 287 Å². The lowest BCUT2D eigenvalue weighted by Crippen LogP contribution is -2.50. The van der Waals surface area contributed by atoms with E-state index in [0.717, 1.165) is 5.75 Å². The van der Waals surface area contributed by atoms with Gasteiger partial charge in [0, 0.05) is 29.6 Å². The molecule has 0 fully saturated rings. The van der Waals surface area contributed by atoms with E-state index < -0.39 is 65.0 Å². The number of rotatable bonds is 8. The van der Waals surface area contributed by atoms with Crippen LogP contribution in [0.3, 0.4) is 0 Å². The van der Waals surface area contributed by atoms with Gasteiger partial charge in [0.25, 0.3) is 5.91 Å². The smallest absolute Gasteiger partial charge is 0.327 e. The quantitative estimate of drug-likeness (QED) is 0.138. The number of Topliss-reactive ketones (excluding diaryl/α,β-unsaturated/α-hetero) is 1. The highest BCUT2D eigenvalue weighted by atomic mass is 35.5. The van der Waals surface area contributed by atoms with E-state index in [2.05, 4.69) is 21.5 Å². The normalized spacial score (nSPS) is 13.1. The molecule has 2 heterocycles. The number of aryl methyl sites for hydroxylation is 1. The minimum Gasteiger partial charge on any atom is -0.327 e. The molecule has 0 radical (unpaired) electrons. The van der Waals surface area contributed by atoms with Gasteiger partial charge >= 0.3 is 24.2 Å². The van der Waals surface area contributed by atoms with Crippen LogP contribution < -0.4 is 11.1 Å². The van der Waals surface area contributed by atoms with Gasteiger partial charge in [0.15, 0.2) is 5.78 Å². The Bertz CT molecular complexity index is 1860. The number of nitrogens with one attached hydrogen (secondary N) is 1. The molecule has 0 bridgehead atoms. The number of amides is 1. The van der Waals surface area contributed by atoms with E-state index in [9.17, 15) is 53.5 Å². The SMILES string of the molecule is CC(=O)c1c(Cl)cccc1C(=O)Nc1ccc(Cn2c(C(F)(F)F)nc3cc(C(F)(C(F)(F)F)C(F)(F)F)ncc32)cc1C.CSCC(C)N. The molecule has 2 aromatic carbocycles. The molecule has 4 aromatic rings. The van der Waals surface area contributed by atoms with Crippen LogP contribution >= 0.6 is 23.4 Å². The number of nitrogens with two attached hydrogens (primary N) is 1. The molecule has 2 aromatic heterocycles. The average molecular weight is 760 g/mol. The summed E-state index contributed by atoms with van der Waals surface area (Å²) in [6, 6.07) is 8.43. The lowest BCUT2D eigenvalue weighted by molar-refractivity contribution is -0.349. The Hall–Kier alpha value is -3.90. The number of aromatic nitrogens is 3. The van der Waals surface area contributed by atoms with Crippen molar-refractivity contribution in [2.75, 3.05) is 17.3 Å². The number of carbonyl (C=O) groups is 2. The standard InChI is InChI=1S/C27H17ClF10N4O2.C4H11NS/c1-12-8-14(6-7-17(12)40-22(44)15-4-3-5-16(28)21(15)13(2)43)11-42-19-10-39-20(9-18(19)41-23(42)25(30,31)32)24(29,26(33,34)35)27(36,37)38;1-4(5)3-6-2/h3-10H,11H2,1-2H3,(H,40,44);4H,3,5H2,1-2H3. The summed E-state index contributed by atoms with van der Waals surface area (Å²) in [4.78, 5) is 30.9. The van der Waals surface area contributed by atoms with Crippen molar-refractivity contribution >= 4 is 51.8 Å². The summed E-state index contributed by atoms with van der Waals surface area (Å²) in [5.41, 5.74) is -3.84. The molecule has 0 saturated heterocycles. The van der Waals surface area contributed by atoms with E-state index in [1.54, 1.807) is 11.8 Å². The molecule has 7 nitrogen and oxygen atoms in total. The Morgan fingerprint density at radius 1 is 1.00 bits per heavy atom. The van der Waals surface area contributed by atoms with Crippen molar-refractivity contribution in [3.63, 3.8) is 0 Å². The first-order valence-electron chi connectivity index (χ1n) is 14.1. The predicted octanol–water partition coefficient (Wildman–Crippen LogP) is 8.90. The van der Waals surface area contributed by atoms with Crippen LogP contribution in [-0.4, -0.2) is 56.6 Å². The third-order valence-corrected chi connectivity index (χ3v) is 8.12. The minimum absolute atomic E-state index is 0.0279. The number of imidazole rings is 1. The monoisotopic (exact) mass is 759 g/mol. The molecular weight excluding hydrogens is 732 g/mol. The molecule has 1 unspecified atom stereocenters. The van der Waals surface area contributed by atoms with Crippen molar-refractivity contribution in [3.8, 4) is 0 Å². The van der Waals surface area contributed by atoms with Crippen LogP contribution in [0.25, 0.3) is 11.0 Å². The number of thioether (sulfide) groups is 1. The lowest BCUT2D eigenvalue weighted by Gasteiger charge is -2.29. The number of anilines is 1. The molecule has 1 atom stereocenters. The summed E-state index contributed by atoms with van der Waals surface area (Å²) in [7, 11) is 0. The fraction of sp³-hybridized carbons (Fsp3) is 0.355. The highest BCUT2D eigenvalue weighted by Gasteiger charge is 2.74. The van der Waals surface area contributed by atoms with Crippen LogP contribution in [0.4, 0.5) is 49.6 Å². The van der Waals surface area contributed by atoms with E-state index >= 15 is 0 Å². The Kier molecular flexibility index (Phi) is 12.3. The first kappa shape index (κ1) is 40.5. The summed E-state index contributed by atoms with van der Waals surface area (Å²) in [6.45, 7) is 4.06. The van der Waals surface area contributed by atoms with E-state index in [-0.39, 0.29) is 39.7 Å². The largest absolute Gasteiger partial charge is 0.449 e. The summed E-state index contributed by atoms with van der Waals surface area (Å²) < 4.78 is 136. The van der Waals surface area contributed by atoms with Crippen LogP contribution in [0.1, 0.15) is 57.2 Å². The highest BCUT2D eigenvalue weighted by molar-refractivity contribution is 7.98. The number of pyridine rings is 1. The van der Waals surface area contributed by atoms with Crippen LogP contribution in [0.15, 0.2) is 48.7 Å². The zero-order chi connectivity index (χ0) is 38.0. The first-order valence-corrected chi connectivity index (χ1v) is 15.9. The highest BCUT2D eigenvalue weighted by Crippen LogP contribution is 2.53. The second kappa shape index (κ2) is 15.1. The molecule has 0 saturated carbocycles. The van der Waals surface area contributed by atoms with Gasteiger partial charge in [-0.2, -0.15) is 51.3 Å². The van der Waals surface area contributed by atoms with Crippen molar-refractivity contribution < 1.29 is 53.5 Å². The number of hydrogen-bond acceptors (Lipinski definition) is 6. The number of halogens is 11. The number of nitrogens with zero attached hydrogens (tertiary/aromatic N) is 3. The molecule has 4 rings (SSSR count). The van der Waals surface area contributed by atoms with Gasteiger partial charge in [-0.1, -0.05) is 29.8 Å². The van der Waals surface area contributed by atoms with E-state index in [4.69, 9.17) is 17.3 Å². The molecule has 272 valence electrons. The summed E-state index contributed by atoms with van der Waals surface area (Å²) in [6.07, 6.45) is -16.0. The van der Waals surface area contributed by atoms with Crippen molar-refractivity contribution in [1.29, 1.82) is 0 Å². The van der Waals surface area contributed by atoms with Gasteiger partial charge in [-0.3, -0.25) is 14.6 Å². The maximum absolute atomic E-state index is 14.5. The summed E-state index contributed by atoms with van der Waals surface area (Å²) in [5.74, 6) is -1.81. The molecule has 19 heteroatoms. The topological polar surface area (TPSA) is 103 Å². The summed E-state index contributed by atoms with van der Waals surface area (Å²) in [5, 5.41) is 2.61. The number of carbonyl (C=O) groups excluding carboxylic acids is 2. The number of benzene rings is 2. The first-order chi connectivity index (χ1) is 22.9. The molecule has 3 N–H and O–H groups in total. The molecule has 0 aliphatic rings. The van der Waals surface area contributed by atoms with E-state index in [1.165, 1.54) is 50.2 Å². The average Bonchev–Trinajstić information content (AvgIpc) is 3.35. The number of alkyl halides is 10. The van der Waals surface area contributed by atoms with Gasteiger partial charge in [0.05, 0.1) is 33.5 Å². The van der Waals surface area contributed by atoms with Crippen molar-refractivity contribution in [3.05, 3.63) is 87.5 Å². The van der Waals surface area contributed by atoms with Crippen LogP contribution in [0.5, 0.6) is 0 Å². The second-order valence-corrected chi connectivity index (χ2v) is 12.3. The number of ketones is 1. The van der Waals surface area contributed by atoms with Gasteiger partial charge in [0.1, 0.15) is 0 Å². The van der Waals surface area contributed by atoms with Crippen LogP contribution in [0, 0.1) is 6.92 Å². The number of fused-ring (bicyclic) bond motifs is 1. The van der Waals surface area contributed by atoms with E-state index in [0.29, 0.717) is 16.2 Å². The summed E-state index contributed by atoms with van der Waals surface area (Å²) >= 11 is 7.82. The van der Waals surface area contributed by atoms with Gasteiger partial charge in [-0.25, -0.2) is 9.37 Å². The van der Waals surface area contributed by atoms with Gasteiger partial charge in [-0.05, 0) is 62.4 Å². The zero-order valence-electron chi connectivity index (χ0n) is 26.4. The fourth-order valence-electron chi connectivity index (χ4n) is 4.71. The molecule has 0 aliphatic heterocycles. The number of hydrogen-bond donors (Lipinski definition) is 2. The third kappa shape index (κ3) is 8.69. The third-order valence-electron chi connectivity index (χ3n) is 6.94. The van der Waals surface area contributed by atoms with Crippen molar-refractivity contribution in [2.24, 2.45) is 5.73 Å². The maximum Gasteiger partial charge on any atom is 0.449 e. The maximum atomic E-state index is 14.5. The molecule has 1 amide bonds. The Balaban J connectivity index is 0.00000103. The van der Waals surface area contributed by atoms with Gasteiger partial charge in [0.2, 0.25) is 5.82 Å². The van der Waals surface area contributed by atoms with Crippen LogP contribution in [-0.2, 0) is 18.4 Å².